The molecule has 1 heterocycles. The van der Waals surface area contributed by atoms with E-state index in [0.29, 0.717) is 29.4 Å². The van der Waals surface area contributed by atoms with Crippen LogP contribution in [0.4, 0.5) is 0 Å². The van der Waals surface area contributed by atoms with Crippen molar-refractivity contribution >= 4 is 11.9 Å². The number of rotatable bonds is 7. The van der Waals surface area contributed by atoms with Crippen LogP contribution < -0.4 is 14.2 Å². The highest BCUT2D eigenvalue weighted by atomic mass is 16.5. The van der Waals surface area contributed by atoms with E-state index in [4.69, 9.17) is 14.2 Å². The maximum Gasteiger partial charge on any atom is 0.343 e. The van der Waals surface area contributed by atoms with E-state index in [1.807, 2.05) is 30.9 Å². The molecule has 0 aromatic heterocycles. The van der Waals surface area contributed by atoms with Crippen molar-refractivity contribution in [2.75, 3.05) is 26.3 Å². The number of esters is 1. The molecular weight excluding hydrogens is 370 g/mol. The average molecular weight is 397 g/mol. The van der Waals surface area contributed by atoms with Gasteiger partial charge in [0.1, 0.15) is 5.75 Å². The molecule has 1 aliphatic heterocycles. The fourth-order valence-corrected chi connectivity index (χ4v) is 3.17. The second-order valence-electron chi connectivity index (χ2n) is 7.03. The molecule has 1 saturated heterocycles. The lowest BCUT2D eigenvalue weighted by Gasteiger charge is -2.26. The zero-order valence-electron chi connectivity index (χ0n) is 17.0. The molecule has 0 N–H and O–H groups in total. The van der Waals surface area contributed by atoms with Crippen LogP contribution >= 0.6 is 0 Å². The molecule has 29 heavy (non-hydrogen) atoms. The van der Waals surface area contributed by atoms with Gasteiger partial charge in [-0.3, -0.25) is 4.79 Å². The minimum Gasteiger partial charge on any atom is -0.490 e. The summed E-state index contributed by atoms with van der Waals surface area (Å²) in [5.74, 6) is 0.813. The number of ether oxygens (including phenoxy) is 3. The monoisotopic (exact) mass is 397 g/mol. The Morgan fingerprint density at radius 2 is 1.66 bits per heavy atom. The van der Waals surface area contributed by atoms with Crippen molar-refractivity contribution in [3.8, 4) is 17.2 Å². The summed E-state index contributed by atoms with van der Waals surface area (Å²) >= 11 is 0. The second-order valence-corrected chi connectivity index (χ2v) is 7.03. The molecule has 154 valence electrons. The first-order valence-electron chi connectivity index (χ1n) is 10.0. The van der Waals surface area contributed by atoms with Crippen molar-refractivity contribution in [2.24, 2.45) is 0 Å². The molecule has 0 spiro atoms. The minimum absolute atomic E-state index is 0.0324. The molecule has 3 rings (SSSR count). The number of nitrogens with zero attached hydrogens (tertiary/aromatic N) is 1. The van der Waals surface area contributed by atoms with E-state index < -0.39 is 5.97 Å². The standard InChI is InChI=1S/C23H27NO5/c1-3-27-21-15-18(23(26)29-19-10-7-17(2)8-11-19)9-12-20(21)28-16-22(25)24-13-5-4-6-14-24/h7-12,15H,3-6,13-14,16H2,1-2H3. The van der Waals surface area contributed by atoms with Gasteiger partial charge in [0.2, 0.25) is 0 Å². The molecule has 1 amide bonds. The highest BCUT2D eigenvalue weighted by molar-refractivity contribution is 5.91. The summed E-state index contributed by atoms with van der Waals surface area (Å²) in [4.78, 5) is 26.6. The zero-order chi connectivity index (χ0) is 20.6. The smallest absolute Gasteiger partial charge is 0.343 e. The van der Waals surface area contributed by atoms with Crippen LogP contribution in [0.2, 0.25) is 0 Å². The summed E-state index contributed by atoms with van der Waals surface area (Å²) in [5, 5.41) is 0. The Labute approximate surface area is 171 Å². The Balaban J connectivity index is 1.66. The van der Waals surface area contributed by atoms with Crippen LogP contribution in [0.15, 0.2) is 42.5 Å². The maximum atomic E-state index is 12.5. The normalized spacial score (nSPS) is 13.7. The number of aryl methyl sites for hydroxylation is 1. The summed E-state index contributed by atoms with van der Waals surface area (Å²) in [7, 11) is 0. The first-order valence-corrected chi connectivity index (χ1v) is 10.0. The van der Waals surface area contributed by atoms with Crippen molar-refractivity contribution < 1.29 is 23.8 Å². The Kier molecular flexibility index (Phi) is 7.11. The summed E-state index contributed by atoms with van der Waals surface area (Å²) in [6.45, 7) is 5.74. The van der Waals surface area contributed by atoms with Crippen LogP contribution in [-0.4, -0.2) is 43.1 Å². The molecule has 1 fully saturated rings. The van der Waals surface area contributed by atoms with E-state index in [2.05, 4.69) is 0 Å². The molecule has 6 nitrogen and oxygen atoms in total. The summed E-state index contributed by atoms with van der Waals surface area (Å²) in [6.07, 6.45) is 3.24. The number of hydrogen-bond donors (Lipinski definition) is 0. The van der Waals surface area contributed by atoms with Crippen molar-refractivity contribution in [1.82, 2.24) is 4.90 Å². The average Bonchev–Trinajstić information content (AvgIpc) is 2.75. The lowest BCUT2D eigenvalue weighted by Crippen LogP contribution is -2.38. The Morgan fingerprint density at radius 3 is 2.34 bits per heavy atom. The fraction of sp³-hybridized carbons (Fsp3) is 0.391. The summed E-state index contributed by atoms with van der Waals surface area (Å²) < 4.78 is 16.7. The van der Waals surface area contributed by atoms with E-state index in [0.717, 1.165) is 31.5 Å². The van der Waals surface area contributed by atoms with Crippen LogP contribution in [0, 0.1) is 6.92 Å². The van der Waals surface area contributed by atoms with E-state index in [1.165, 1.54) is 6.42 Å². The quantitative estimate of drug-likeness (QED) is 0.522. The Hall–Kier alpha value is -3.02. The topological polar surface area (TPSA) is 65.1 Å². The van der Waals surface area contributed by atoms with Gasteiger partial charge >= 0.3 is 5.97 Å². The highest BCUT2D eigenvalue weighted by Crippen LogP contribution is 2.29. The molecule has 0 saturated carbocycles. The number of amides is 1. The van der Waals surface area contributed by atoms with Gasteiger partial charge in [-0.1, -0.05) is 17.7 Å². The summed E-state index contributed by atoms with van der Waals surface area (Å²) in [6, 6.07) is 12.1. The molecule has 0 atom stereocenters. The number of likely N-dealkylation sites (tertiary alicyclic amines) is 1. The van der Waals surface area contributed by atoms with Gasteiger partial charge in [0.15, 0.2) is 18.1 Å². The lowest BCUT2D eigenvalue weighted by atomic mass is 10.1. The lowest BCUT2D eigenvalue weighted by molar-refractivity contribution is -0.134. The van der Waals surface area contributed by atoms with Crippen LogP contribution in [-0.2, 0) is 4.79 Å². The van der Waals surface area contributed by atoms with E-state index in [9.17, 15) is 9.59 Å². The van der Waals surface area contributed by atoms with Crippen LogP contribution in [0.25, 0.3) is 0 Å². The third kappa shape index (κ3) is 5.73. The van der Waals surface area contributed by atoms with Gasteiger partial charge in [-0.15, -0.1) is 0 Å². The molecule has 0 bridgehead atoms. The number of benzene rings is 2. The SMILES string of the molecule is CCOc1cc(C(=O)Oc2ccc(C)cc2)ccc1OCC(=O)N1CCCCC1. The number of carbonyl (C=O) groups is 2. The van der Waals surface area contributed by atoms with Gasteiger partial charge in [-0.25, -0.2) is 4.79 Å². The molecule has 0 unspecified atom stereocenters. The molecule has 2 aromatic rings. The van der Waals surface area contributed by atoms with Gasteiger partial charge in [0.05, 0.1) is 12.2 Å². The van der Waals surface area contributed by atoms with Gasteiger partial charge in [-0.05, 0) is 63.4 Å². The van der Waals surface area contributed by atoms with Gasteiger partial charge < -0.3 is 19.1 Å². The van der Waals surface area contributed by atoms with E-state index in [1.54, 1.807) is 30.3 Å². The second kappa shape index (κ2) is 9.96. The van der Waals surface area contributed by atoms with Crippen LogP contribution in [0.5, 0.6) is 17.2 Å². The number of hydrogen-bond acceptors (Lipinski definition) is 5. The van der Waals surface area contributed by atoms with Crippen molar-refractivity contribution in [2.45, 2.75) is 33.1 Å². The summed E-state index contributed by atoms with van der Waals surface area (Å²) in [5.41, 5.74) is 1.44. The molecule has 0 aliphatic carbocycles. The van der Waals surface area contributed by atoms with E-state index in [-0.39, 0.29) is 12.5 Å². The zero-order valence-corrected chi connectivity index (χ0v) is 17.0. The number of carbonyl (C=O) groups excluding carboxylic acids is 2. The predicted octanol–water partition coefficient (Wildman–Crippen LogP) is 4.00. The Morgan fingerprint density at radius 1 is 0.931 bits per heavy atom. The first-order chi connectivity index (χ1) is 14.1. The van der Waals surface area contributed by atoms with E-state index >= 15 is 0 Å². The van der Waals surface area contributed by atoms with Gasteiger partial charge in [-0.2, -0.15) is 0 Å². The number of piperidine rings is 1. The van der Waals surface area contributed by atoms with Crippen LogP contribution in [0.3, 0.4) is 0 Å². The van der Waals surface area contributed by atoms with Crippen LogP contribution in [0.1, 0.15) is 42.1 Å². The third-order valence-corrected chi connectivity index (χ3v) is 4.77. The van der Waals surface area contributed by atoms with Crippen molar-refractivity contribution in [3.05, 3.63) is 53.6 Å². The highest BCUT2D eigenvalue weighted by Gasteiger charge is 2.19. The molecule has 6 heteroatoms. The minimum atomic E-state index is -0.481. The third-order valence-electron chi connectivity index (χ3n) is 4.77. The maximum absolute atomic E-state index is 12.5. The fourth-order valence-electron chi connectivity index (χ4n) is 3.17. The van der Waals surface area contributed by atoms with Gasteiger partial charge in [0.25, 0.3) is 5.91 Å². The molecule has 0 radical (unpaired) electrons. The Bertz CT molecular complexity index is 841. The van der Waals surface area contributed by atoms with Crippen molar-refractivity contribution in [1.29, 1.82) is 0 Å². The molecule has 1 aliphatic rings. The molecular formula is C23H27NO5. The predicted molar refractivity (Wildman–Crippen MR) is 110 cm³/mol. The molecule has 2 aromatic carbocycles. The van der Waals surface area contributed by atoms with Crippen molar-refractivity contribution in [3.63, 3.8) is 0 Å². The first kappa shape index (κ1) is 20.7. The van der Waals surface area contributed by atoms with Gasteiger partial charge in [0, 0.05) is 13.1 Å². The largest absolute Gasteiger partial charge is 0.490 e.